The third-order valence-corrected chi connectivity index (χ3v) is 3.07. The van der Waals surface area contributed by atoms with E-state index in [0.717, 1.165) is 31.6 Å². The molecule has 0 spiro atoms. The summed E-state index contributed by atoms with van der Waals surface area (Å²) < 4.78 is 0. The van der Waals surface area contributed by atoms with Crippen molar-refractivity contribution in [2.75, 3.05) is 13.1 Å². The Morgan fingerprint density at radius 1 is 1.27 bits per heavy atom. The molecule has 4 heteroatoms. The van der Waals surface area contributed by atoms with Crippen LogP contribution in [0.4, 0.5) is 0 Å². The zero-order valence-corrected chi connectivity index (χ0v) is 9.93. The summed E-state index contributed by atoms with van der Waals surface area (Å²) in [7, 11) is 0. The lowest BCUT2D eigenvalue weighted by Crippen LogP contribution is -2.26. The zero-order chi connectivity index (χ0) is 10.8. The van der Waals surface area contributed by atoms with Crippen LogP contribution in [0.2, 0.25) is 10.0 Å². The average molecular weight is 245 g/mol. The van der Waals surface area contributed by atoms with E-state index >= 15 is 0 Å². The average Bonchev–Trinajstić information content (AvgIpc) is 2.49. The molecule has 2 nitrogen and oxygen atoms in total. The van der Waals surface area contributed by atoms with E-state index in [4.69, 9.17) is 28.9 Å². The maximum absolute atomic E-state index is 5.94. The number of benzene rings is 1. The number of hydrogen-bond donors (Lipinski definition) is 1. The first-order valence-electron chi connectivity index (χ1n) is 5.06. The molecule has 15 heavy (non-hydrogen) atoms. The van der Waals surface area contributed by atoms with Gasteiger partial charge in [0, 0.05) is 35.7 Å². The smallest absolute Gasteiger partial charge is 0.0424 e. The van der Waals surface area contributed by atoms with E-state index in [0.29, 0.717) is 16.1 Å². The Bertz CT molecular complexity index is 334. The van der Waals surface area contributed by atoms with E-state index < -0.39 is 0 Å². The van der Waals surface area contributed by atoms with Crippen molar-refractivity contribution in [3.05, 3.63) is 33.8 Å². The van der Waals surface area contributed by atoms with Crippen molar-refractivity contribution in [2.45, 2.75) is 19.0 Å². The van der Waals surface area contributed by atoms with Crippen molar-refractivity contribution >= 4 is 23.2 Å². The lowest BCUT2D eigenvalue weighted by atomic mass is 10.2. The minimum Gasteiger partial charge on any atom is -0.326 e. The van der Waals surface area contributed by atoms with E-state index in [9.17, 15) is 0 Å². The maximum atomic E-state index is 5.94. The topological polar surface area (TPSA) is 29.3 Å². The van der Waals surface area contributed by atoms with Gasteiger partial charge in [-0.05, 0) is 30.2 Å². The van der Waals surface area contributed by atoms with Crippen LogP contribution in [0.15, 0.2) is 18.2 Å². The van der Waals surface area contributed by atoms with Crippen molar-refractivity contribution in [1.82, 2.24) is 4.90 Å². The second kappa shape index (κ2) is 4.71. The lowest BCUT2D eigenvalue weighted by Gasteiger charge is -2.15. The van der Waals surface area contributed by atoms with Crippen LogP contribution in [0.1, 0.15) is 12.0 Å². The monoisotopic (exact) mass is 244 g/mol. The quantitative estimate of drug-likeness (QED) is 0.867. The molecule has 1 aliphatic rings. The number of nitrogens with zero attached hydrogens (tertiary/aromatic N) is 1. The van der Waals surface area contributed by atoms with E-state index in [2.05, 4.69) is 4.90 Å². The number of nitrogens with two attached hydrogens (primary N) is 1. The van der Waals surface area contributed by atoms with Gasteiger partial charge in [-0.25, -0.2) is 0 Å². The summed E-state index contributed by atoms with van der Waals surface area (Å²) in [5, 5.41) is 1.39. The van der Waals surface area contributed by atoms with Crippen LogP contribution in [0, 0.1) is 0 Å². The SMILES string of the molecule is NC1CCN(Cc2cc(Cl)cc(Cl)c2)C1. The Kier molecular flexibility index (Phi) is 3.52. The molecule has 1 aliphatic heterocycles. The Labute approximate surface area is 100.0 Å². The van der Waals surface area contributed by atoms with Gasteiger partial charge in [0.2, 0.25) is 0 Å². The third kappa shape index (κ3) is 3.08. The number of halogens is 2. The highest BCUT2D eigenvalue weighted by atomic mass is 35.5. The van der Waals surface area contributed by atoms with Crippen LogP contribution in [0.3, 0.4) is 0 Å². The molecular weight excluding hydrogens is 231 g/mol. The molecule has 82 valence electrons. The van der Waals surface area contributed by atoms with Gasteiger partial charge in [-0.1, -0.05) is 23.2 Å². The van der Waals surface area contributed by atoms with Crippen molar-refractivity contribution < 1.29 is 0 Å². The minimum atomic E-state index is 0.319. The molecule has 0 bridgehead atoms. The Morgan fingerprint density at radius 3 is 2.47 bits per heavy atom. The normalized spacial score (nSPS) is 22.2. The van der Waals surface area contributed by atoms with Crippen LogP contribution < -0.4 is 5.73 Å². The van der Waals surface area contributed by atoms with Gasteiger partial charge in [-0.2, -0.15) is 0 Å². The second-order valence-corrected chi connectivity index (χ2v) is 4.93. The summed E-state index contributed by atoms with van der Waals surface area (Å²) in [5.41, 5.74) is 7.00. The van der Waals surface area contributed by atoms with Gasteiger partial charge in [-0.3, -0.25) is 4.90 Å². The predicted octanol–water partition coefficient (Wildman–Crippen LogP) is 2.53. The maximum Gasteiger partial charge on any atom is 0.0424 e. The molecule has 0 aliphatic carbocycles. The fourth-order valence-corrected chi connectivity index (χ4v) is 2.54. The van der Waals surface area contributed by atoms with E-state index in [1.165, 1.54) is 0 Å². The second-order valence-electron chi connectivity index (χ2n) is 4.06. The Balaban J connectivity index is 2.04. The number of hydrogen-bond acceptors (Lipinski definition) is 2. The fraction of sp³-hybridized carbons (Fsp3) is 0.455. The first-order chi connectivity index (χ1) is 7.13. The van der Waals surface area contributed by atoms with Gasteiger partial charge in [0.25, 0.3) is 0 Å². The van der Waals surface area contributed by atoms with Gasteiger partial charge in [-0.15, -0.1) is 0 Å². The number of rotatable bonds is 2. The zero-order valence-electron chi connectivity index (χ0n) is 8.42. The van der Waals surface area contributed by atoms with E-state index in [1.807, 2.05) is 12.1 Å². The Hall–Kier alpha value is -0.280. The molecule has 1 unspecified atom stereocenters. The Morgan fingerprint density at radius 2 is 1.93 bits per heavy atom. The van der Waals surface area contributed by atoms with Crippen LogP contribution >= 0.6 is 23.2 Å². The fourth-order valence-electron chi connectivity index (χ4n) is 1.97. The molecule has 0 amide bonds. The first kappa shape index (κ1) is 11.2. The van der Waals surface area contributed by atoms with Crippen molar-refractivity contribution in [3.8, 4) is 0 Å². The molecule has 1 aromatic rings. The van der Waals surface area contributed by atoms with Crippen LogP contribution in [0.25, 0.3) is 0 Å². The van der Waals surface area contributed by atoms with Crippen LogP contribution in [-0.2, 0) is 6.54 Å². The highest BCUT2D eigenvalue weighted by Crippen LogP contribution is 2.21. The van der Waals surface area contributed by atoms with Crippen LogP contribution in [0.5, 0.6) is 0 Å². The number of likely N-dealkylation sites (tertiary alicyclic amines) is 1. The molecule has 2 rings (SSSR count). The first-order valence-corrected chi connectivity index (χ1v) is 5.82. The largest absolute Gasteiger partial charge is 0.326 e. The van der Waals surface area contributed by atoms with E-state index in [1.54, 1.807) is 6.07 Å². The summed E-state index contributed by atoms with van der Waals surface area (Å²) in [4.78, 5) is 2.33. The molecule has 0 aromatic heterocycles. The lowest BCUT2D eigenvalue weighted by molar-refractivity contribution is 0.327. The highest BCUT2D eigenvalue weighted by molar-refractivity contribution is 6.34. The predicted molar refractivity (Wildman–Crippen MR) is 64.3 cm³/mol. The van der Waals surface area contributed by atoms with Gasteiger partial charge in [0.15, 0.2) is 0 Å². The van der Waals surface area contributed by atoms with Crippen molar-refractivity contribution in [3.63, 3.8) is 0 Å². The molecule has 0 saturated carbocycles. The molecule has 1 saturated heterocycles. The molecular formula is C11H14Cl2N2. The molecule has 1 fully saturated rings. The van der Waals surface area contributed by atoms with Crippen LogP contribution in [-0.4, -0.2) is 24.0 Å². The molecule has 1 heterocycles. The molecule has 1 aromatic carbocycles. The molecule has 1 atom stereocenters. The van der Waals surface area contributed by atoms with E-state index in [-0.39, 0.29) is 0 Å². The summed E-state index contributed by atoms with van der Waals surface area (Å²) in [6, 6.07) is 5.98. The third-order valence-electron chi connectivity index (χ3n) is 2.64. The summed E-state index contributed by atoms with van der Waals surface area (Å²) in [6.07, 6.45) is 1.08. The van der Waals surface area contributed by atoms with Crippen molar-refractivity contribution in [2.24, 2.45) is 5.73 Å². The van der Waals surface area contributed by atoms with Gasteiger partial charge < -0.3 is 5.73 Å². The minimum absolute atomic E-state index is 0.319. The molecule has 0 radical (unpaired) electrons. The highest BCUT2D eigenvalue weighted by Gasteiger charge is 2.18. The molecule has 2 N–H and O–H groups in total. The summed E-state index contributed by atoms with van der Waals surface area (Å²) in [6.45, 7) is 2.91. The summed E-state index contributed by atoms with van der Waals surface area (Å²) in [5.74, 6) is 0. The standard InChI is InChI=1S/C11H14Cl2N2/c12-9-3-8(4-10(13)5-9)6-15-2-1-11(14)7-15/h3-5,11H,1-2,6-7,14H2. The van der Waals surface area contributed by atoms with Gasteiger partial charge >= 0.3 is 0 Å². The van der Waals surface area contributed by atoms with Gasteiger partial charge in [0.05, 0.1) is 0 Å². The summed E-state index contributed by atoms with van der Waals surface area (Å²) >= 11 is 11.9. The van der Waals surface area contributed by atoms with Gasteiger partial charge in [0.1, 0.15) is 0 Å². The van der Waals surface area contributed by atoms with Crippen molar-refractivity contribution in [1.29, 1.82) is 0 Å².